The summed E-state index contributed by atoms with van der Waals surface area (Å²) in [5, 5.41) is 10.6. The van der Waals surface area contributed by atoms with Gasteiger partial charge in [0.2, 0.25) is 0 Å². The summed E-state index contributed by atoms with van der Waals surface area (Å²) < 4.78 is 5.23. The lowest BCUT2D eigenvalue weighted by Gasteiger charge is -1.99. The fraction of sp³-hybridized carbons (Fsp3) is 0.100. The quantitative estimate of drug-likeness (QED) is 0.737. The van der Waals surface area contributed by atoms with E-state index in [1.165, 1.54) is 6.07 Å². The van der Waals surface area contributed by atoms with Gasteiger partial charge in [-0.15, -0.1) is 0 Å². The van der Waals surface area contributed by atoms with E-state index >= 15 is 0 Å². The monoisotopic (exact) mass is 210 g/mol. The van der Waals surface area contributed by atoms with E-state index in [1.54, 1.807) is 13.0 Å². The van der Waals surface area contributed by atoms with Crippen LogP contribution in [0.1, 0.15) is 16.1 Å². The number of aryl methyl sites for hydroxylation is 1. The molecule has 0 spiro atoms. The van der Waals surface area contributed by atoms with Crippen LogP contribution in [0.25, 0.3) is 11.0 Å². The van der Waals surface area contributed by atoms with E-state index in [9.17, 15) is 9.90 Å². The van der Waals surface area contributed by atoms with E-state index in [0.29, 0.717) is 22.5 Å². The Balaban J connectivity index is 2.93. The zero-order valence-electron chi connectivity index (χ0n) is 7.37. The lowest BCUT2D eigenvalue weighted by Crippen LogP contribution is -1.81. The third-order valence-corrected chi connectivity index (χ3v) is 2.32. The van der Waals surface area contributed by atoms with Crippen LogP contribution in [-0.4, -0.2) is 11.4 Å². The van der Waals surface area contributed by atoms with Gasteiger partial charge in [-0.2, -0.15) is 0 Å². The highest BCUT2D eigenvalue weighted by Gasteiger charge is 2.13. The van der Waals surface area contributed by atoms with Crippen LogP contribution in [-0.2, 0) is 0 Å². The van der Waals surface area contributed by atoms with E-state index in [1.807, 2.05) is 0 Å². The summed E-state index contributed by atoms with van der Waals surface area (Å²) in [7, 11) is 0. The molecule has 0 bridgehead atoms. The first-order valence-electron chi connectivity index (χ1n) is 4.00. The molecular weight excluding hydrogens is 204 g/mol. The van der Waals surface area contributed by atoms with Gasteiger partial charge in [0.1, 0.15) is 5.76 Å². The lowest BCUT2D eigenvalue weighted by molar-refractivity contribution is 0.112. The van der Waals surface area contributed by atoms with E-state index in [4.69, 9.17) is 16.0 Å². The van der Waals surface area contributed by atoms with E-state index in [0.717, 1.165) is 0 Å². The maximum Gasteiger partial charge on any atom is 0.178 e. The topological polar surface area (TPSA) is 50.4 Å². The van der Waals surface area contributed by atoms with Gasteiger partial charge in [-0.1, -0.05) is 11.6 Å². The maximum absolute atomic E-state index is 10.6. The number of halogens is 1. The molecule has 3 nitrogen and oxygen atoms in total. The number of aromatic hydroxyl groups is 1. The molecule has 0 aliphatic carbocycles. The first-order valence-corrected chi connectivity index (χ1v) is 4.38. The largest absolute Gasteiger partial charge is 0.504 e. The number of furan rings is 1. The molecule has 1 aromatic heterocycles. The van der Waals surface area contributed by atoms with Gasteiger partial charge in [0.25, 0.3) is 0 Å². The number of carbonyl (C=O) groups excluding carboxylic acids is 1. The fourth-order valence-electron chi connectivity index (χ4n) is 1.37. The molecule has 0 saturated carbocycles. The van der Waals surface area contributed by atoms with Crippen LogP contribution in [0.5, 0.6) is 5.75 Å². The van der Waals surface area contributed by atoms with E-state index < -0.39 is 0 Å². The number of hydrogen-bond donors (Lipinski definition) is 1. The summed E-state index contributed by atoms with van der Waals surface area (Å²) in [5.74, 6) is 0.479. The number of rotatable bonds is 1. The number of hydrogen-bond acceptors (Lipinski definition) is 3. The third kappa shape index (κ3) is 1.17. The second-order valence-electron chi connectivity index (χ2n) is 3.01. The van der Waals surface area contributed by atoms with Crippen LogP contribution < -0.4 is 0 Å². The molecule has 1 heterocycles. The lowest BCUT2D eigenvalue weighted by atomic mass is 10.1. The summed E-state index contributed by atoms with van der Waals surface area (Å²) in [4.78, 5) is 10.6. The molecule has 0 radical (unpaired) electrons. The number of fused-ring (bicyclic) bond motifs is 1. The number of carbonyl (C=O) groups is 1. The highest BCUT2D eigenvalue weighted by atomic mass is 35.5. The van der Waals surface area contributed by atoms with Gasteiger partial charge in [-0.3, -0.25) is 4.79 Å². The molecule has 2 aromatic rings. The summed E-state index contributed by atoms with van der Waals surface area (Å²) in [6.45, 7) is 1.75. The van der Waals surface area contributed by atoms with Gasteiger partial charge in [0.05, 0.1) is 10.6 Å². The van der Waals surface area contributed by atoms with Crippen molar-refractivity contribution < 1.29 is 14.3 Å². The zero-order chi connectivity index (χ0) is 10.3. The Morgan fingerprint density at radius 2 is 2.21 bits per heavy atom. The maximum atomic E-state index is 10.6. The van der Waals surface area contributed by atoms with Gasteiger partial charge in [0.15, 0.2) is 17.6 Å². The Labute approximate surface area is 84.9 Å². The second-order valence-corrected chi connectivity index (χ2v) is 3.42. The van der Waals surface area contributed by atoms with Crippen molar-refractivity contribution in [3.63, 3.8) is 0 Å². The molecule has 2 rings (SSSR count). The van der Waals surface area contributed by atoms with Crippen molar-refractivity contribution in [2.24, 2.45) is 0 Å². The first kappa shape index (κ1) is 9.09. The zero-order valence-corrected chi connectivity index (χ0v) is 8.13. The highest BCUT2D eigenvalue weighted by molar-refractivity contribution is 6.36. The molecular formula is C10H7ClO3. The molecule has 4 heteroatoms. The van der Waals surface area contributed by atoms with Gasteiger partial charge < -0.3 is 9.52 Å². The van der Waals surface area contributed by atoms with Crippen molar-refractivity contribution in [2.75, 3.05) is 0 Å². The van der Waals surface area contributed by atoms with Crippen molar-refractivity contribution >= 4 is 28.9 Å². The SMILES string of the molecule is Cc1cc2c(Cl)cc(C=O)c(O)c2o1. The minimum atomic E-state index is -0.160. The van der Waals surface area contributed by atoms with Crippen molar-refractivity contribution in [3.8, 4) is 5.75 Å². The van der Waals surface area contributed by atoms with Crippen LogP contribution >= 0.6 is 11.6 Å². The second kappa shape index (κ2) is 3.03. The number of benzene rings is 1. The van der Waals surface area contributed by atoms with Gasteiger partial charge in [-0.05, 0) is 19.1 Å². The minimum absolute atomic E-state index is 0.136. The third-order valence-electron chi connectivity index (χ3n) is 2.01. The summed E-state index contributed by atoms with van der Waals surface area (Å²) >= 11 is 5.90. The van der Waals surface area contributed by atoms with Crippen LogP contribution in [0.15, 0.2) is 16.5 Å². The smallest absolute Gasteiger partial charge is 0.178 e. The average Bonchev–Trinajstić information content (AvgIpc) is 2.54. The van der Waals surface area contributed by atoms with Gasteiger partial charge in [0, 0.05) is 5.39 Å². The van der Waals surface area contributed by atoms with Crippen molar-refractivity contribution in [3.05, 3.63) is 28.5 Å². The Hall–Kier alpha value is -1.48. The van der Waals surface area contributed by atoms with E-state index in [2.05, 4.69) is 0 Å². The van der Waals surface area contributed by atoms with E-state index in [-0.39, 0.29) is 16.9 Å². The minimum Gasteiger partial charge on any atom is -0.504 e. The van der Waals surface area contributed by atoms with Crippen LogP contribution in [0, 0.1) is 6.92 Å². The van der Waals surface area contributed by atoms with Gasteiger partial charge >= 0.3 is 0 Å². The number of phenolic OH excluding ortho intramolecular Hbond substituents is 1. The molecule has 72 valence electrons. The molecule has 1 aromatic carbocycles. The Kier molecular flexibility index (Phi) is 1.97. The molecule has 0 atom stereocenters. The standard InChI is InChI=1S/C10H7ClO3/c1-5-2-7-8(11)3-6(4-12)9(13)10(7)14-5/h2-4,13H,1H3. The Morgan fingerprint density at radius 3 is 2.86 bits per heavy atom. The predicted octanol–water partition coefficient (Wildman–Crippen LogP) is 2.91. The molecule has 14 heavy (non-hydrogen) atoms. The normalized spacial score (nSPS) is 10.7. The average molecular weight is 211 g/mol. The molecule has 0 fully saturated rings. The van der Waals surface area contributed by atoms with Crippen molar-refractivity contribution in [2.45, 2.75) is 6.92 Å². The highest BCUT2D eigenvalue weighted by Crippen LogP contribution is 2.35. The van der Waals surface area contributed by atoms with Crippen molar-refractivity contribution in [1.82, 2.24) is 0 Å². The number of aldehydes is 1. The van der Waals surface area contributed by atoms with Crippen LogP contribution in [0.4, 0.5) is 0 Å². The molecule has 0 saturated heterocycles. The summed E-state index contributed by atoms with van der Waals surface area (Å²) in [6, 6.07) is 3.13. The van der Waals surface area contributed by atoms with Crippen molar-refractivity contribution in [1.29, 1.82) is 0 Å². The number of phenols is 1. The summed E-state index contributed by atoms with van der Waals surface area (Å²) in [5.41, 5.74) is 0.397. The Bertz CT molecular complexity index is 514. The first-order chi connectivity index (χ1) is 6.63. The molecule has 0 aliphatic rings. The molecule has 0 amide bonds. The van der Waals surface area contributed by atoms with Crippen LogP contribution in [0.3, 0.4) is 0 Å². The van der Waals surface area contributed by atoms with Crippen LogP contribution in [0.2, 0.25) is 5.02 Å². The van der Waals surface area contributed by atoms with Gasteiger partial charge in [-0.25, -0.2) is 0 Å². The molecule has 0 aliphatic heterocycles. The molecule has 0 unspecified atom stereocenters. The molecule has 1 N–H and O–H groups in total. The summed E-state index contributed by atoms with van der Waals surface area (Å²) in [6.07, 6.45) is 0.540. The fourth-order valence-corrected chi connectivity index (χ4v) is 1.63. The Morgan fingerprint density at radius 1 is 1.50 bits per heavy atom. The predicted molar refractivity (Wildman–Crippen MR) is 53.0 cm³/mol.